The summed E-state index contributed by atoms with van der Waals surface area (Å²) < 4.78 is 12.1. The van der Waals surface area contributed by atoms with Crippen LogP contribution >= 0.6 is 0 Å². The van der Waals surface area contributed by atoms with Gasteiger partial charge in [0.1, 0.15) is 0 Å². The number of hydrogen-bond donors (Lipinski definition) is 0. The Morgan fingerprint density at radius 2 is 2.24 bits per heavy atom. The molecule has 21 heavy (non-hydrogen) atoms. The first kappa shape index (κ1) is 14.9. The topological polar surface area (TPSA) is 34.6 Å². The Hall–Kier alpha value is -0.970. The second-order valence-corrected chi connectivity index (χ2v) is 6.73. The highest BCUT2D eigenvalue weighted by atomic mass is 16.5. The SMILES string of the molecule is Cc1cccc(COC2CCOC3(C2)CN(C(C)C)C3)n1. The van der Waals surface area contributed by atoms with Crippen molar-refractivity contribution in [3.63, 3.8) is 0 Å². The van der Waals surface area contributed by atoms with Crippen LogP contribution in [-0.2, 0) is 16.1 Å². The lowest BCUT2D eigenvalue weighted by Crippen LogP contribution is -2.67. The van der Waals surface area contributed by atoms with Crippen LogP contribution in [0.4, 0.5) is 0 Å². The van der Waals surface area contributed by atoms with Gasteiger partial charge in [-0.3, -0.25) is 9.88 Å². The first-order valence-electron chi connectivity index (χ1n) is 7.98. The van der Waals surface area contributed by atoms with E-state index in [0.29, 0.717) is 18.8 Å². The second kappa shape index (κ2) is 6.03. The fraction of sp³-hybridized carbons (Fsp3) is 0.706. The number of aryl methyl sites for hydroxylation is 1. The molecule has 0 saturated carbocycles. The van der Waals surface area contributed by atoms with Gasteiger partial charge >= 0.3 is 0 Å². The lowest BCUT2D eigenvalue weighted by atomic mass is 9.84. The molecule has 0 bridgehead atoms. The van der Waals surface area contributed by atoms with Crippen molar-refractivity contribution in [3.05, 3.63) is 29.6 Å². The van der Waals surface area contributed by atoms with Gasteiger partial charge in [0.2, 0.25) is 0 Å². The van der Waals surface area contributed by atoms with Gasteiger partial charge in [0.25, 0.3) is 0 Å². The molecule has 1 atom stereocenters. The third-order valence-corrected chi connectivity index (χ3v) is 4.57. The van der Waals surface area contributed by atoms with Gasteiger partial charge < -0.3 is 9.47 Å². The highest BCUT2D eigenvalue weighted by Gasteiger charge is 2.48. The van der Waals surface area contributed by atoms with Crippen LogP contribution in [0.5, 0.6) is 0 Å². The van der Waals surface area contributed by atoms with Crippen molar-refractivity contribution in [2.24, 2.45) is 0 Å². The third kappa shape index (κ3) is 3.44. The molecule has 3 heterocycles. The van der Waals surface area contributed by atoms with Gasteiger partial charge in [-0.15, -0.1) is 0 Å². The van der Waals surface area contributed by atoms with E-state index in [1.165, 1.54) is 0 Å². The van der Waals surface area contributed by atoms with Crippen LogP contribution in [0.3, 0.4) is 0 Å². The zero-order valence-corrected chi connectivity index (χ0v) is 13.3. The summed E-state index contributed by atoms with van der Waals surface area (Å²) in [6.45, 7) is 10.0. The molecule has 3 rings (SSSR count). The van der Waals surface area contributed by atoms with Crippen molar-refractivity contribution in [3.8, 4) is 0 Å². The van der Waals surface area contributed by atoms with Crippen LogP contribution < -0.4 is 0 Å². The van der Waals surface area contributed by atoms with Crippen molar-refractivity contribution < 1.29 is 9.47 Å². The molecule has 2 fully saturated rings. The van der Waals surface area contributed by atoms with E-state index >= 15 is 0 Å². The Labute approximate surface area is 127 Å². The zero-order chi connectivity index (χ0) is 14.9. The molecule has 0 amide bonds. The summed E-state index contributed by atoms with van der Waals surface area (Å²) in [5.74, 6) is 0. The van der Waals surface area contributed by atoms with Gasteiger partial charge in [0.15, 0.2) is 0 Å². The Balaban J connectivity index is 1.51. The molecule has 2 aliphatic rings. The van der Waals surface area contributed by atoms with Crippen molar-refractivity contribution in [2.45, 2.75) is 58.0 Å². The van der Waals surface area contributed by atoms with Crippen LogP contribution in [0, 0.1) is 6.92 Å². The molecule has 1 unspecified atom stereocenters. The largest absolute Gasteiger partial charge is 0.372 e. The number of nitrogens with zero attached hydrogens (tertiary/aromatic N) is 2. The maximum absolute atomic E-state index is 6.09. The van der Waals surface area contributed by atoms with Gasteiger partial charge in [-0.25, -0.2) is 0 Å². The maximum Gasteiger partial charge on any atom is 0.0959 e. The fourth-order valence-corrected chi connectivity index (χ4v) is 3.29. The van der Waals surface area contributed by atoms with Gasteiger partial charge in [-0.2, -0.15) is 0 Å². The highest BCUT2D eigenvalue weighted by Crippen LogP contribution is 2.36. The minimum absolute atomic E-state index is 0.0488. The summed E-state index contributed by atoms with van der Waals surface area (Å²) in [7, 11) is 0. The van der Waals surface area contributed by atoms with E-state index in [9.17, 15) is 0 Å². The smallest absolute Gasteiger partial charge is 0.0959 e. The monoisotopic (exact) mass is 290 g/mol. The summed E-state index contributed by atoms with van der Waals surface area (Å²) in [4.78, 5) is 6.96. The summed E-state index contributed by atoms with van der Waals surface area (Å²) in [6, 6.07) is 6.70. The maximum atomic E-state index is 6.09. The molecule has 0 N–H and O–H groups in total. The van der Waals surface area contributed by atoms with Gasteiger partial charge in [-0.05, 0) is 39.3 Å². The van der Waals surface area contributed by atoms with Crippen LogP contribution in [-0.4, -0.2) is 47.3 Å². The molecular formula is C17H26N2O2. The first-order valence-corrected chi connectivity index (χ1v) is 7.98. The van der Waals surface area contributed by atoms with Crippen molar-refractivity contribution in [2.75, 3.05) is 19.7 Å². The van der Waals surface area contributed by atoms with Crippen molar-refractivity contribution >= 4 is 0 Å². The second-order valence-electron chi connectivity index (χ2n) is 6.73. The number of hydrogen-bond acceptors (Lipinski definition) is 4. The Morgan fingerprint density at radius 1 is 1.43 bits per heavy atom. The normalized spacial score (nSPS) is 25.2. The number of pyridine rings is 1. The summed E-state index contributed by atoms with van der Waals surface area (Å²) >= 11 is 0. The van der Waals surface area contributed by atoms with E-state index in [4.69, 9.17) is 9.47 Å². The molecular weight excluding hydrogens is 264 g/mol. The number of likely N-dealkylation sites (tertiary alicyclic amines) is 1. The Kier molecular flexibility index (Phi) is 4.29. The highest BCUT2D eigenvalue weighted by molar-refractivity contribution is 5.09. The van der Waals surface area contributed by atoms with E-state index in [0.717, 1.165) is 43.9 Å². The van der Waals surface area contributed by atoms with Crippen LogP contribution in [0.15, 0.2) is 18.2 Å². The van der Waals surface area contributed by atoms with E-state index in [1.807, 2.05) is 25.1 Å². The Bertz CT molecular complexity index is 483. The Morgan fingerprint density at radius 3 is 2.95 bits per heavy atom. The van der Waals surface area contributed by atoms with Crippen LogP contribution in [0.2, 0.25) is 0 Å². The molecule has 2 aliphatic heterocycles. The summed E-state index contributed by atoms with van der Waals surface area (Å²) in [5, 5.41) is 0. The van der Waals surface area contributed by atoms with E-state index < -0.39 is 0 Å². The van der Waals surface area contributed by atoms with Gasteiger partial charge in [0.05, 0.1) is 24.0 Å². The quantitative estimate of drug-likeness (QED) is 0.853. The number of ether oxygens (including phenoxy) is 2. The summed E-state index contributed by atoms with van der Waals surface area (Å²) in [6.07, 6.45) is 2.31. The van der Waals surface area contributed by atoms with Gasteiger partial charge in [-0.1, -0.05) is 6.07 Å². The predicted octanol–water partition coefficient (Wildman–Crippen LogP) is 2.55. The van der Waals surface area contributed by atoms with Crippen LogP contribution in [0.25, 0.3) is 0 Å². The molecule has 1 aromatic heterocycles. The minimum atomic E-state index is 0.0488. The molecule has 0 radical (unpaired) electrons. The average molecular weight is 290 g/mol. The lowest BCUT2D eigenvalue weighted by Gasteiger charge is -2.54. The first-order chi connectivity index (χ1) is 10.1. The van der Waals surface area contributed by atoms with Crippen LogP contribution in [0.1, 0.15) is 38.1 Å². The van der Waals surface area contributed by atoms with Crippen molar-refractivity contribution in [1.29, 1.82) is 0 Å². The van der Waals surface area contributed by atoms with E-state index in [1.54, 1.807) is 0 Å². The fourth-order valence-electron chi connectivity index (χ4n) is 3.29. The molecule has 1 spiro atoms. The van der Waals surface area contributed by atoms with E-state index in [2.05, 4.69) is 23.7 Å². The molecule has 1 aromatic rings. The van der Waals surface area contributed by atoms with Gasteiger partial charge in [0, 0.05) is 37.9 Å². The standard InChI is InChI=1S/C17H26N2O2/c1-13(2)19-11-17(12-19)9-16(7-8-21-17)20-10-15-6-4-5-14(3)18-15/h4-6,13,16H,7-12H2,1-3H3. The molecule has 0 aromatic carbocycles. The third-order valence-electron chi connectivity index (χ3n) is 4.57. The number of aromatic nitrogens is 1. The summed E-state index contributed by atoms with van der Waals surface area (Å²) in [5.41, 5.74) is 2.12. The zero-order valence-electron chi connectivity index (χ0n) is 13.3. The molecule has 2 saturated heterocycles. The predicted molar refractivity (Wildman–Crippen MR) is 82.2 cm³/mol. The molecule has 4 heteroatoms. The average Bonchev–Trinajstić information content (AvgIpc) is 2.43. The molecule has 4 nitrogen and oxygen atoms in total. The molecule has 0 aliphatic carbocycles. The molecule has 116 valence electrons. The van der Waals surface area contributed by atoms with E-state index in [-0.39, 0.29) is 5.60 Å². The lowest BCUT2D eigenvalue weighted by molar-refractivity contribution is -0.204. The van der Waals surface area contributed by atoms with Crippen molar-refractivity contribution in [1.82, 2.24) is 9.88 Å². The number of rotatable bonds is 4. The minimum Gasteiger partial charge on any atom is -0.372 e.